The van der Waals surface area contributed by atoms with Crippen molar-refractivity contribution in [3.8, 4) is 0 Å². The van der Waals surface area contributed by atoms with E-state index in [0.29, 0.717) is 0 Å². The Labute approximate surface area is 75.1 Å². The number of rotatable bonds is 3. The lowest BCUT2D eigenvalue weighted by Gasteiger charge is -2.02. The van der Waals surface area contributed by atoms with Crippen LogP contribution in [0, 0.1) is 0 Å². The number of carbonyl (C=O) groups is 1. The van der Waals surface area contributed by atoms with Gasteiger partial charge in [-0.15, -0.1) is 11.8 Å². The first-order valence-corrected chi connectivity index (χ1v) is 4.42. The predicted octanol–water partition coefficient (Wildman–Crippen LogP) is 0.386. The predicted molar refractivity (Wildman–Crippen MR) is 47.7 cm³/mol. The molecule has 12 heavy (non-hydrogen) atoms. The normalized spacial score (nSPS) is 12.8. The summed E-state index contributed by atoms with van der Waals surface area (Å²) in [7, 11) is 1.83. The topological polar surface area (TPSA) is 60.9 Å². The first-order chi connectivity index (χ1) is 5.59. The number of nitrogens with two attached hydrogens (primary N) is 1. The van der Waals surface area contributed by atoms with Crippen LogP contribution in [0.15, 0.2) is 17.3 Å². The highest BCUT2D eigenvalue weighted by Crippen LogP contribution is 2.21. The number of carbonyl (C=O) groups excluding carboxylic acids is 1. The van der Waals surface area contributed by atoms with Gasteiger partial charge in [0.1, 0.15) is 0 Å². The zero-order valence-corrected chi connectivity index (χ0v) is 7.84. The smallest absolute Gasteiger partial charge is 0.230 e. The van der Waals surface area contributed by atoms with Gasteiger partial charge in [-0.25, -0.2) is 0 Å². The Morgan fingerprint density at radius 1 is 1.83 bits per heavy atom. The van der Waals surface area contributed by atoms with Crippen LogP contribution in [0.2, 0.25) is 0 Å². The van der Waals surface area contributed by atoms with Crippen molar-refractivity contribution in [2.45, 2.75) is 17.1 Å². The Hall–Kier alpha value is -0.970. The van der Waals surface area contributed by atoms with E-state index < -0.39 is 0 Å². The third-order valence-electron chi connectivity index (χ3n) is 1.39. The van der Waals surface area contributed by atoms with E-state index in [0.717, 1.165) is 4.90 Å². The lowest BCUT2D eigenvalue weighted by Crippen LogP contribution is -2.22. The fraction of sp³-hybridized carbons (Fsp3) is 0.429. The van der Waals surface area contributed by atoms with Crippen molar-refractivity contribution in [1.29, 1.82) is 0 Å². The summed E-state index contributed by atoms with van der Waals surface area (Å²) in [5.41, 5.74) is 5.10. The van der Waals surface area contributed by atoms with Gasteiger partial charge >= 0.3 is 0 Å². The highest BCUT2D eigenvalue weighted by atomic mass is 32.2. The monoisotopic (exact) mass is 185 g/mol. The molecule has 2 N–H and O–H groups in total. The van der Waals surface area contributed by atoms with Crippen LogP contribution in [-0.2, 0) is 11.8 Å². The number of hydrogen-bond acceptors (Lipinski definition) is 3. The Balaban J connectivity index is 2.58. The second kappa shape index (κ2) is 3.62. The molecule has 66 valence electrons. The highest BCUT2D eigenvalue weighted by Gasteiger charge is 2.10. The molecule has 1 amide bonds. The Morgan fingerprint density at radius 2 is 2.50 bits per heavy atom. The summed E-state index contributed by atoms with van der Waals surface area (Å²) >= 11 is 1.41. The molecule has 0 spiro atoms. The number of amides is 1. The molecular weight excluding hydrogens is 174 g/mol. The van der Waals surface area contributed by atoms with E-state index in [2.05, 4.69) is 5.10 Å². The highest BCUT2D eigenvalue weighted by molar-refractivity contribution is 8.00. The average Bonchev–Trinajstić information content (AvgIpc) is 2.35. The summed E-state index contributed by atoms with van der Waals surface area (Å²) < 4.78 is 1.69. The van der Waals surface area contributed by atoms with Gasteiger partial charge in [0, 0.05) is 18.1 Å². The van der Waals surface area contributed by atoms with Crippen molar-refractivity contribution in [3.63, 3.8) is 0 Å². The molecule has 1 heterocycles. The lowest BCUT2D eigenvalue weighted by molar-refractivity contribution is -0.117. The molecule has 4 nitrogen and oxygen atoms in total. The summed E-state index contributed by atoms with van der Waals surface area (Å²) in [5, 5.41) is 3.77. The number of aromatic nitrogens is 2. The summed E-state index contributed by atoms with van der Waals surface area (Å²) in [6.45, 7) is 1.78. The van der Waals surface area contributed by atoms with E-state index in [4.69, 9.17) is 5.73 Å². The Bertz CT molecular complexity index is 284. The summed E-state index contributed by atoms with van der Waals surface area (Å²) in [4.78, 5) is 11.6. The van der Waals surface area contributed by atoms with Gasteiger partial charge in [-0.05, 0) is 6.92 Å². The number of thioether (sulfide) groups is 1. The fourth-order valence-corrected chi connectivity index (χ4v) is 1.57. The zero-order valence-electron chi connectivity index (χ0n) is 7.02. The van der Waals surface area contributed by atoms with Crippen molar-refractivity contribution in [3.05, 3.63) is 12.4 Å². The summed E-state index contributed by atoms with van der Waals surface area (Å²) in [6.07, 6.45) is 3.56. The van der Waals surface area contributed by atoms with Crippen LogP contribution in [0.4, 0.5) is 0 Å². The van der Waals surface area contributed by atoms with Crippen LogP contribution >= 0.6 is 11.8 Å². The standard InChI is InChI=1S/C7H11N3OS/c1-5(7(8)11)12-6-3-9-10(2)4-6/h3-5H,1-2H3,(H2,8,11)/t5-/m0/s1. The molecule has 1 aromatic rings. The van der Waals surface area contributed by atoms with E-state index in [1.54, 1.807) is 17.8 Å². The maximum atomic E-state index is 10.7. The molecule has 0 fully saturated rings. The van der Waals surface area contributed by atoms with E-state index >= 15 is 0 Å². The molecule has 0 aromatic carbocycles. The third-order valence-corrected chi connectivity index (χ3v) is 2.46. The lowest BCUT2D eigenvalue weighted by atomic mass is 10.5. The van der Waals surface area contributed by atoms with Gasteiger partial charge in [-0.3, -0.25) is 9.48 Å². The van der Waals surface area contributed by atoms with Gasteiger partial charge in [-0.2, -0.15) is 5.10 Å². The van der Waals surface area contributed by atoms with Crippen LogP contribution in [0.3, 0.4) is 0 Å². The second-order valence-electron chi connectivity index (χ2n) is 2.51. The number of primary amides is 1. The molecule has 0 aliphatic heterocycles. The van der Waals surface area contributed by atoms with Crippen LogP contribution in [0.5, 0.6) is 0 Å². The van der Waals surface area contributed by atoms with Gasteiger partial charge in [-0.1, -0.05) is 0 Å². The van der Waals surface area contributed by atoms with E-state index in [1.807, 2.05) is 13.2 Å². The average molecular weight is 185 g/mol. The first kappa shape index (κ1) is 9.12. The van der Waals surface area contributed by atoms with Gasteiger partial charge in [0.2, 0.25) is 5.91 Å². The fourth-order valence-electron chi connectivity index (χ4n) is 0.722. The molecule has 0 unspecified atom stereocenters. The molecule has 1 aromatic heterocycles. The second-order valence-corrected chi connectivity index (χ2v) is 3.93. The van der Waals surface area contributed by atoms with E-state index in [9.17, 15) is 4.79 Å². The van der Waals surface area contributed by atoms with Crippen LogP contribution < -0.4 is 5.73 Å². The Kier molecular flexibility index (Phi) is 2.75. The van der Waals surface area contributed by atoms with Crippen molar-refractivity contribution in [1.82, 2.24) is 9.78 Å². The summed E-state index contributed by atoms with van der Waals surface area (Å²) in [6, 6.07) is 0. The van der Waals surface area contributed by atoms with Crippen LogP contribution in [0.1, 0.15) is 6.92 Å². The van der Waals surface area contributed by atoms with Gasteiger partial charge in [0.25, 0.3) is 0 Å². The molecule has 0 aliphatic rings. The molecular formula is C7H11N3OS. The van der Waals surface area contributed by atoms with Crippen molar-refractivity contribution >= 4 is 17.7 Å². The maximum absolute atomic E-state index is 10.7. The van der Waals surface area contributed by atoms with Crippen molar-refractivity contribution < 1.29 is 4.79 Å². The molecule has 0 saturated carbocycles. The molecule has 0 saturated heterocycles. The number of nitrogens with zero attached hydrogens (tertiary/aromatic N) is 2. The van der Waals surface area contributed by atoms with Crippen molar-refractivity contribution in [2.24, 2.45) is 12.8 Å². The first-order valence-electron chi connectivity index (χ1n) is 3.54. The minimum Gasteiger partial charge on any atom is -0.369 e. The third kappa shape index (κ3) is 2.27. The van der Waals surface area contributed by atoms with Crippen molar-refractivity contribution in [2.75, 3.05) is 0 Å². The minimum atomic E-state index is -0.302. The summed E-state index contributed by atoms with van der Waals surface area (Å²) in [5.74, 6) is -0.302. The molecule has 1 rings (SSSR count). The SMILES string of the molecule is C[C@H](Sc1cnn(C)c1)C(N)=O. The van der Waals surface area contributed by atoms with Gasteiger partial charge < -0.3 is 5.73 Å². The van der Waals surface area contributed by atoms with Crippen LogP contribution in [0.25, 0.3) is 0 Å². The number of aryl methyl sites for hydroxylation is 1. The molecule has 5 heteroatoms. The quantitative estimate of drug-likeness (QED) is 0.693. The largest absolute Gasteiger partial charge is 0.369 e. The molecule has 0 bridgehead atoms. The molecule has 1 atom stereocenters. The molecule has 0 aliphatic carbocycles. The Morgan fingerprint density at radius 3 is 2.92 bits per heavy atom. The van der Waals surface area contributed by atoms with Gasteiger partial charge in [0.05, 0.1) is 11.4 Å². The van der Waals surface area contributed by atoms with Crippen LogP contribution in [-0.4, -0.2) is 20.9 Å². The molecule has 0 radical (unpaired) electrons. The zero-order chi connectivity index (χ0) is 9.14. The minimum absolute atomic E-state index is 0.200. The van der Waals surface area contributed by atoms with E-state index in [1.165, 1.54) is 11.8 Å². The van der Waals surface area contributed by atoms with E-state index in [-0.39, 0.29) is 11.2 Å². The maximum Gasteiger partial charge on any atom is 0.230 e. The number of hydrogen-bond donors (Lipinski definition) is 1. The van der Waals surface area contributed by atoms with Gasteiger partial charge in [0.15, 0.2) is 0 Å².